The summed E-state index contributed by atoms with van der Waals surface area (Å²) in [5, 5.41) is 0.309. The van der Waals surface area contributed by atoms with E-state index >= 15 is 0 Å². The number of aryl methyl sites for hydroxylation is 2. The molecule has 0 fully saturated rings. The van der Waals surface area contributed by atoms with Crippen molar-refractivity contribution in [2.75, 3.05) is 13.4 Å². The second-order valence-electron chi connectivity index (χ2n) is 5.13. The largest absolute Gasteiger partial charge is 0.375 e. The Bertz CT molecular complexity index is 479. The number of hydrogen-bond acceptors (Lipinski definition) is 2. The first-order chi connectivity index (χ1) is 9.65. The van der Waals surface area contributed by atoms with Crippen LogP contribution in [0, 0.1) is 13.8 Å². The van der Waals surface area contributed by atoms with Gasteiger partial charge in [-0.2, -0.15) is 11.8 Å². The second kappa shape index (κ2) is 6.96. The molecule has 2 atom stereocenters. The van der Waals surface area contributed by atoms with Gasteiger partial charge >= 0.3 is 0 Å². The topological polar surface area (TPSA) is 9.23 Å². The van der Waals surface area contributed by atoms with Crippen molar-refractivity contribution in [1.82, 2.24) is 0 Å². The zero-order valence-corrected chi connectivity index (χ0v) is 13.4. The Hall–Kier alpha value is -1.25. The molecule has 2 aromatic carbocycles. The third kappa shape index (κ3) is 3.44. The van der Waals surface area contributed by atoms with Crippen molar-refractivity contribution in [3.05, 3.63) is 70.8 Å². The van der Waals surface area contributed by atoms with Crippen molar-refractivity contribution >= 4 is 11.8 Å². The molecule has 2 aromatic rings. The summed E-state index contributed by atoms with van der Waals surface area (Å²) in [5.41, 5.74) is 5.12. The lowest BCUT2D eigenvalue weighted by atomic mass is 9.99. The Morgan fingerprint density at radius 1 is 0.800 bits per heavy atom. The molecule has 106 valence electrons. The number of thioether (sulfide) groups is 1. The highest BCUT2D eigenvalue weighted by Gasteiger charge is 2.23. The molecule has 0 saturated heterocycles. The van der Waals surface area contributed by atoms with Gasteiger partial charge in [0.2, 0.25) is 0 Å². The van der Waals surface area contributed by atoms with Gasteiger partial charge < -0.3 is 4.74 Å². The van der Waals surface area contributed by atoms with Crippen LogP contribution in [0.5, 0.6) is 0 Å². The third-order valence-corrected chi connectivity index (χ3v) is 4.62. The number of rotatable bonds is 5. The highest BCUT2D eigenvalue weighted by molar-refractivity contribution is 7.98. The summed E-state index contributed by atoms with van der Waals surface area (Å²) in [5.74, 6) is 0. The quantitative estimate of drug-likeness (QED) is 0.756. The summed E-state index contributed by atoms with van der Waals surface area (Å²) in [6, 6.07) is 17.4. The lowest BCUT2D eigenvalue weighted by Gasteiger charge is -2.25. The molecule has 2 heteroatoms. The van der Waals surface area contributed by atoms with Gasteiger partial charge in [0.15, 0.2) is 0 Å². The zero-order valence-electron chi connectivity index (χ0n) is 12.6. The van der Waals surface area contributed by atoms with Crippen molar-refractivity contribution in [2.45, 2.75) is 25.2 Å². The van der Waals surface area contributed by atoms with E-state index in [1.807, 2.05) is 11.8 Å². The van der Waals surface area contributed by atoms with E-state index in [0.29, 0.717) is 5.25 Å². The fraction of sp³-hybridized carbons (Fsp3) is 0.333. The Balaban J connectivity index is 2.32. The molecule has 0 saturated carbocycles. The van der Waals surface area contributed by atoms with Crippen LogP contribution in [0.2, 0.25) is 0 Å². The molecule has 1 nitrogen and oxygen atoms in total. The van der Waals surface area contributed by atoms with Gasteiger partial charge in [-0.1, -0.05) is 59.7 Å². The molecule has 0 radical (unpaired) electrons. The Morgan fingerprint density at radius 3 is 1.65 bits per heavy atom. The first-order valence-electron chi connectivity index (χ1n) is 6.84. The molecular formula is C18H22OS. The minimum Gasteiger partial charge on any atom is -0.375 e. The summed E-state index contributed by atoms with van der Waals surface area (Å²) < 4.78 is 5.79. The molecule has 0 amide bonds. The summed E-state index contributed by atoms with van der Waals surface area (Å²) >= 11 is 1.84. The molecule has 0 N–H and O–H groups in total. The van der Waals surface area contributed by atoms with E-state index in [1.54, 1.807) is 7.11 Å². The predicted molar refractivity (Wildman–Crippen MR) is 88.4 cm³/mol. The number of hydrogen-bond donors (Lipinski definition) is 0. The van der Waals surface area contributed by atoms with Gasteiger partial charge in [0.05, 0.1) is 11.4 Å². The highest BCUT2D eigenvalue weighted by Crippen LogP contribution is 2.40. The Kier molecular flexibility index (Phi) is 5.27. The van der Waals surface area contributed by atoms with Crippen molar-refractivity contribution in [2.24, 2.45) is 0 Å². The molecule has 2 rings (SSSR count). The van der Waals surface area contributed by atoms with Gasteiger partial charge in [-0.25, -0.2) is 0 Å². The molecule has 0 aromatic heterocycles. The number of ether oxygens (including phenoxy) is 1. The summed E-state index contributed by atoms with van der Waals surface area (Å²) in [6.45, 7) is 4.23. The zero-order chi connectivity index (χ0) is 14.5. The molecule has 0 spiro atoms. The van der Waals surface area contributed by atoms with E-state index in [-0.39, 0.29) is 6.10 Å². The maximum atomic E-state index is 5.79. The molecule has 0 bridgehead atoms. The van der Waals surface area contributed by atoms with Crippen LogP contribution >= 0.6 is 11.8 Å². The first kappa shape index (κ1) is 15.1. The average molecular weight is 286 g/mol. The molecular weight excluding hydrogens is 264 g/mol. The summed E-state index contributed by atoms with van der Waals surface area (Å²) in [4.78, 5) is 0. The smallest absolute Gasteiger partial charge is 0.0980 e. The SMILES string of the molecule is COC(c1ccc(C)cc1)C(SC)c1ccc(C)cc1. The Morgan fingerprint density at radius 2 is 1.25 bits per heavy atom. The highest BCUT2D eigenvalue weighted by atomic mass is 32.2. The number of methoxy groups -OCH3 is 1. The van der Waals surface area contributed by atoms with Gasteiger partial charge in [0, 0.05) is 7.11 Å². The normalized spacial score (nSPS) is 14.0. The Labute approximate surface area is 126 Å². The van der Waals surface area contributed by atoms with E-state index < -0.39 is 0 Å². The summed E-state index contributed by atoms with van der Waals surface area (Å²) in [6.07, 6.45) is 2.22. The third-order valence-electron chi connectivity index (χ3n) is 3.59. The van der Waals surface area contributed by atoms with Crippen LogP contribution in [-0.2, 0) is 4.74 Å². The van der Waals surface area contributed by atoms with Gasteiger partial charge in [-0.15, -0.1) is 0 Å². The predicted octanol–water partition coefficient (Wildman–Crippen LogP) is 5.10. The van der Waals surface area contributed by atoms with Gasteiger partial charge in [-0.3, -0.25) is 0 Å². The maximum Gasteiger partial charge on any atom is 0.0980 e. The van der Waals surface area contributed by atoms with Gasteiger partial charge in [0.1, 0.15) is 0 Å². The lowest BCUT2D eigenvalue weighted by Crippen LogP contribution is -2.10. The van der Waals surface area contributed by atoms with Crippen molar-refractivity contribution < 1.29 is 4.74 Å². The van der Waals surface area contributed by atoms with Gasteiger partial charge in [0.25, 0.3) is 0 Å². The first-order valence-corrected chi connectivity index (χ1v) is 8.13. The minimum absolute atomic E-state index is 0.0771. The standard InChI is InChI=1S/C18H22OS/c1-13-5-9-15(10-6-13)17(19-3)18(20-4)16-11-7-14(2)8-12-16/h5-12,17-18H,1-4H3. The van der Waals surface area contributed by atoms with Crippen LogP contribution in [0.1, 0.15) is 33.6 Å². The average Bonchev–Trinajstić information content (AvgIpc) is 2.47. The van der Waals surface area contributed by atoms with Gasteiger partial charge in [-0.05, 0) is 31.2 Å². The van der Waals surface area contributed by atoms with Crippen LogP contribution in [0.25, 0.3) is 0 Å². The van der Waals surface area contributed by atoms with Crippen LogP contribution in [-0.4, -0.2) is 13.4 Å². The molecule has 0 aliphatic heterocycles. The fourth-order valence-corrected chi connectivity index (χ4v) is 3.33. The fourth-order valence-electron chi connectivity index (χ4n) is 2.38. The van der Waals surface area contributed by atoms with E-state index in [1.165, 1.54) is 22.3 Å². The molecule has 2 unspecified atom stereocenters. The van der Waals surface area contributed by atoms with E-state index in [9.17, 15) is 0 Å². The molecule has 0 aliphatic rings. The molecule has 20 heavy (non-hydrogen) atoms. The van der Waals surface area contributed by atoms with Crippen LogP contribution in [0.4, 0.5) is 0 Å². The molecule has 0 aliphatic carbocycles. The van der Waals surface area contributed by atoms with E-state index in [2.05, 4.69) is 68.6 Å². The van der Waals surface area contributed by atoms with Crippen LogP contribution in [0.3, 0.4) is 0 Å². The number of benzene rings is 2. The second-order valence-corrected chi connectivity index (χ2v) is 6.11. The minimum atomic E-state index is 0.0771. The van der Waals surface area contributed by atoms with Crippen LogP contribution in [0.15, 0.2) is 48.5 Å². The maximum absolute atomic E-state index is 5.79. The monoisotopic (exact) mass is 286 g/mol. The van der Waals surface area contributed by atoms with E-state index in [4.69, 9.17) is 4.74 Å². The van der Waals surface area contributed by atoms with Crippen molar-refractivity contribution in [3.63, 3.8) is 0 Å². The van der Waals surface area contributed by atoms with Crippen molar-refractivity contribution in [1.29, 1.82) is 0 Å². The lowest BCUT2D eigenvalue weighted by molar-refractivity contribution is 0.101. The van der Waals surface area contributed by atoms with E-state index in [0.717, 1.165) is 0 Å². The summed E-state index contributed by atoms with van der Waals surface area (Å²) in [7, 11) is 1.79. The van der Waals surface area contributed by atoms with Crippen molar-refractivity contribution in [3.8, 4) is 0 Å². The molecule has 0 heterocycles. The van der Waals surface area contributed by atoms with Crippen LogP contribution < -0.4 is 0 Å².